The highest BCUT2D eigenvalue weighted by atomic mass is 35.5. The molecule has 4 fully saturated rings. The molecule has 1 amide bonds. The Morgan fingerprint density at radius 1 is 1.20 bits per heavy atom. The number of hydrogen-bond donors (Lipinski definition) is 1. The van der Waals surface area contributed by atoms with Gasteiger partial charge in [-0.3, -0.25) is 14.3 Å². The second-order valence-corrected chi connectivity index (χ2v) is 10.6. The molecule has 1 aliphatic heterocycles. The van der Waals surface area contributed by atoms with Crippen molar-refractivity contribution in [2.45, 2.75) is 38.5 Å². The van der Waals surface area contributed by atoms with Crippen LogP contribution in [0.25, 0.3) is 0 Å². The molecule has 6 unspecified atom stereocenters. The molecule has 6 atom stereocenters. The third-order valence-corrected chi connectivity index (χ3v) is 8.78. The maximum atomic E-state index is 14.4. The molecule has 4 aliphatic carbocycles. The molecular formula is C24H22ClF4N3O3. The van der Waals surface area contributed by atoms with E-state index < -0.39 is 23.7 Å². The summed E-state index contributed by atoms with van der Waals surface area (Å²) in [7, 11) is 0. The lowest BCUT2D eigenvalue weighted by molar-refractivity contribution is -0.144. The number of hydrogen-bond acceptors (Lipinski definition) is 3. The van der Waals surface area contributed by atoms with Crippen LogP contribution in [0.1, 0.15) is 35.4 Å². The lowest BCUT2D eigenvalue weighted by Crippen LogP contribution is -2.38. The Morgan fingerprint density at radius 3 is 2.60 bits per heavy atom. The SMILES string of the molecule is O=C(O)C1C2CC3C(C2CC(=O)N2CCc4c(C(F)(F)F)nn(Cc5ccc(Cl)cc5F)c4C2)C31. The van der Waals surface area contributed by atoms with Crippen molar-refractivity contribution < 1.29 is 32.3 Å². The summed E-state index contributed by atoms with van der Waals surface area (Å²) in [4.78, 5) is 26.3. The molecule has 0 radical (unpaired) electrons. The molecule has 11 heteroatoms. The fourth-order valence-electron chi connectivity index (χ4n) is 7.15. The van der Waals surface area contributed by atoms with Crippen LogP contribution in [0.3, 0.4) is 0 Å². The van der Waals surface area contributed by atoms with Gasteiger partial charge in [-0.05, 0) is 54.6 Å². The smallest absolute Gasteiger partial charge is 0.435 e. The number of carbonyl (C=O) groups is 2. The van der Waals surface area contributed by atoms with E-state index >= 15 is 0 Å². The molecule has 0 spiro atoms. The van der Waals surface area contributed by atoms with Gasteiger partial charge in [0.25, 0.3) is 0 Å². The number of aromatic nitrogens is 2. The van der Waals surface area contributed by atoms with Crippen LogP contribution >= 0.6 is 11.6 Å². The van der Waals surface area contributed by atoms with Crippen LogP contribution in [-0.4, -0.2) is 38.2 Å². The molecule has 1 aromatic heterocycles. The van der Waals surface area contributed by atoms with Gasteiger partial charge in [0, 0.05) is 29.1 Å². The minimum atomic E-state index is -4.67. The van der Waals surface area contributed by atoms with Crippen LogP contribution in [0.15, 0.2) is 18.2 Å². The van der Waals surface area contributed by atoms with Crippen LogP contribution in [0.2, 0.25) is 5.02 Å². The molecule has 1 aromatic carbocycles. The molecule has 1 N–H and O–H groups in total. The quantitative estimate of drug-likeness (QED) is 0.610. The zero-order chi connectivity index (χ0) is 24.8. The number of carbonyl (C=O) groups excluding carboxylic acids is 1. The number of amides is 1. The standard InChI is InChI=1S/C24H22ClF4N3O3/c25-11-2-1-10(16(26)5-11)8-32-17-9-31(4-3-12(17)22(30-32)24(27,28)29)18(33)7-14-13-6-15-19(14)20(15)21(13)23(34)35/h1-2,5,13-15,19-21H,3-4,6-9H2,(H,34,35). The van der Waals surface area contributed by atoms with Gasteiger partial charge in [0.05, 0.1) is 24.7 Å². The minimum absolute atomic E-state index is 0.000455. The summed E-state index contributed by atoms with van der Waals surface area (Å²) < 4.78 is 56.6. The van der Waals surface area contributed by atoms with Gasteiger partial charge in [0.2, 0.25) is 5.91 Å². The van der Waals surface area contributed by atoms with Crippen molar-refractivity contribution in [3.8, 4) is 0 Å². The topological polar surface area (TPSA) is 75.4 Å². The number of aliphatic carboxylic acids is 1. The third-order valence-electron chi connectivity index (χ3n) is 8.55. The van der Waals surface area contributed by atoms with Crippen molar-refractivity contribution in [3.05, 3.63) is 51.6 Å². The molecule has 5 aliphatic rings. The molecule has 4 bridgehead atoms. The third kappa shape index (κ3) is 3.55. The van der Waals surface area contributed by atoms with Crippen LogP contribution in [0.5, 0.6) is 0 Å². The zero-order valence-electron chi connectivity index (χ0n) is 18.4. The van der Waals surface area contributed by atoms with Crippen LogP contribution < -0.4 is 0 Å². The Labute approximate surface area is 202 Å². The Morgan fingerprint density at radius 2 is 1.97 bits per heavy atom. The summed E-state index contributed by atoms with van der Waals surface area (Å²) in [6.07, 6.45) is -3.60. The highest BCUT2D eigenvalue weighted by Gasteiger charge is 2.75. The molecule has 2 heterocycles. The summed E-state index contributed by atoms with van der Waals surface area (Å²) in [5.41, 5.74) is -0.584. The van der Waals surface area contributed by atoms with Gasteiger partial charge >= 0.3 is 12.1 Å². The van der Waals surface area contributed by atoms with Gasteiger partial charge in [0.1, 0.15) is 5.82 Å². The predicted octanol–water partition coefficient (Wildman–Crippen LogP) is 4.23. The van der Waals surface area contributed by atoms with E-state index in [-0.39, 0.29) is 89.8 Å². The first-order valence-electron chi connectivity index (χ1n) is 11.6. The van der Waals surface area contributed by atoms with Crippen LogP contribution in [0.4, 0.5) is 17.6 Å². The van der Waals surface area contributed by atoms with Gasteiger partial charge in [-0.15, -0.1) is 0 Å². The van der Waals surface area contributed by atoms with Gasteiger partial charge in [0.15, 0.2) is 5.69 Å². The second-order valence-electron chi connectivity index (χ2n) is 10.2. The lowest BCUT2D eigenvalue weighted by atomic mass is 9.88. The number of halogens is 5. The number of rotatable bonds is 5. The number of carboxylic acid groups (broad SMARTS) is 1. The summed E-state index contributed by atoms with van der Waals surface area (Å²) in [5, 5.41) is 13.5. The second kappa shape index (κ2) is 7.69. The zero-order valence-corrected chi connectivity index (χ0v) is 19.2. The number of carboxylic acids is 1. The Bertz CT molecular complexity index is 1250. The normalized spacial score (nSPS) is 30.5. The fourth-order valence-corrected chi connectivity index (χ4v) is 7.31. The predicted molar refractivity (Wildman–Crippen MR) is 115 cm³/mol. The summed E-state index contributed by atoms with van der Waals surface area (Å²) in [6.45, 7) is -0.142. The molecule has 186 valence electrons. The largest absolute Gasteiger partial charge is 0.481 e. The molecule has 4 saturated carbocycles. The van der Waals surface area contributed by atoms with E-state index in [1.54, 1.807) is 0 Å². The molecule has 0 saturated heterocycles. The molecule has 35 heavy (non-hydrogen) atoms. The highest BCUT2D eigenvalue weighted by Crippen LogP contribution is 2.76. The lowest BCUT2D eigenvalue weighted by Gasteiger charge is -2.30. The van der Waals surface area contributed by atoms with Crippen LogP contribution in [-0.2, 0) is 35.3 Å². The molecule has 7 rings (SSSR count). The van der Waals surface area contributed by atoms with Crippen molar-refractivity contribution in [3.63, 3.8) is 0 Å². The number of benzene rings is 1. The summed E-state index contributed by atoms with van der Waals surface area (Å²) >= 11 is 5.79. The van der Waals surface area contributed by atoms with Gasteiger partial charge in [-0.2, -0.15) is 18.3 Å². The minimum Gasteiger partial charge on any atom is -0.481 e. The maximum absolute atomic E-state index is 14.4. The van der Waals surface area contributed by atoms with Crippen molar-refractivity contribution >= 4 is 23.5 Å². The fraction of sp³-hybridized carbons (Fsp3) is 0.542. The maximum Gasteiger partial charge on any atom is 0.435 e. The average Bonchev–Trinajstić information content (AvgIpc) is 3.14. The molecule has 6 nitrogen and oxygen atoms in total. The Kier molecular flexibility index (Phi) is 5.01. The van der Waals surface area contributed by atoms with Gasteiger partial charge in [-0.1, -0.05) is 17.7 Å². The monoisotopic (exact) mass is 511 g/mol. The Balaban J connectivity index is 1.24. The van der Waals surface area contributed by atoms with Crippen molar-refractivity contribution in [1.82, 2.24) is 14.7 Å². The first-order chi connectivity index (χ1) is 16.5. The summed E-state index contributed by atoms with van der Waals surface area (Å²) in [5.74, 6) is -1.11. The van der Waals surface area contributed by atoms with Gasteiger partial charge in [-0.25, -0.2) is 4.39 Å². The first-order valence-corrected chi connectivity index (χ1v) is 12.0. The van der Waals surface area contributed by atoms with E-state index in [4.69, 9.17) is 11.6 Å². The van der Waals surface area contributed by atoms with Gasteiger partial charge < -0.3 is 10.0 Å². The van der Waals surface area contributed by atoms with Crippen molar-refractivity contribution in [2.75, 3.05) is 6.54 Å². The van der Waals surface area contributed by atoms with E-state index in [0.717, 1.165) is 17.2 Å². The van der Waals surface area contributed by atoms with E-state index in [9.17, 15) is 32.3 Å². The summed E-state index contributed by atoms with van der Waals surface area (Å²) in [6, 6.07) is 3.95. The number of fused-ring (bicyclic) bond motifs is 1. The van der Waals surface area contributed by atoms with E-state index in [1.165, 1.54) is 17.0 Å². The van der Waals surface area contributed by atoms with Crippen molar-refractivity contribution in [2.24, 2.45) is 35.5 Å². The van der Waals surface area contributed by atoms with Crippen LogP contribution in [0, 0.1) is 41.3 Å². The number of alkyl halides is 3. The average molecular weight is 512 g/mol. The molecular weight excluding hydrogens is 490 g/mol. The van der Waals surface area contributed by atoms with E-state index in [2.05, 4.69) is 5.10 Å². The molecule has 2 aromatic rings. The highest BCUT2D eigenvalue weighted by molar-refractivity contribution is 6.30. The number of nitrogens with zero attached hydrogens (tertiary/aromatic N) is 3. The first kappa shape index (κ1) is 22.8. The van der Waals surface area contributed by atoms with E-state index in [1.807, 2.05) is 0 Å². The van der Waals surface area contributed by atoms with E-state index in [0.29, 0.717) is 5.92 Å². The van der Waals surface area contributed by atoms with Crippen molar-refractivity contribution in [1.29, 1.82) is 0 Å². The Hall–Kier alpha value is -2.62.